The summed E-state index contributed by atoms with van der Waals surface area (Å²) < 4.78 is 6.07. The number of nitro benzene ring substituents is 1. The van der Waals surface area contributed by atoms with Crippen molar-refractivity contribution in [3.8, 4) is 17.6 Å². The lowest BCUT2D eigenvalue weighted by Gasteiger charge is -2.12. The van der Waals surface area contributed by atoms with Crippen molar-refractivity contribution in [1.29, 1.82) is 5.26 Å². The van der Waals surface area contributed by atoms with Gasteiger partial charge in [0.05, 0.1) is 17.1 Å². The molecule has 230 valence electrons. The van der Waals surface area contributed by atoms with Crippen molar-refractivity contribution < 1.29 is 14.8 Å². The maximum atomic E-state index is 11.1. The molecule has 0 aliphatic rings. The second kappa shape index (κ2) is 19.2. The largest absolute Gasteiger partial charge is 0.507 e. The number of phenolic OH excluding ortho intramolecular Hbond substituents is 1. The van der Waals surface area contributed by atoms with Gasteiger partial charge in [-0.15, -0.1) is 10.2 Å². The summed E-state index contributed by atoms with van der Waals surface area (Å²) in [7, 11) is 0. The molecule has 0 saturated carbocycles. The zero-order valence-electron chi connectivity index (χ0n) is 25.6. The molecule has 0 aromatic heterocycles. The highest BCUT2D eigenvalue weighted by molar-refractivity contribution is 5.99. The van der Waals surface area contributed by atoms with E-state index < -0.39 is 4.92 Å². The fraction of sp³-hybridized carbons (Fsp3) is 0.514. The Hall–Kier alpha value is -3.99. The molecule has 3 rings (SSSR count). The lowest BCUT2D eigenvalue weighted by atomic mass is 10.0. The normalized spacial score (nSPS) is 11.3. The Morgan fingerprint density at radius 1 is 0.791 bits per heavy atom. The molecule has 3 aromatic carbocycles. The first-order chi connectivity index (χ1) is 21.0. The molecular weight excluding hydrogens is 540 g/mol. The standard InChI is InChI=1S/C35H46N4O4/c1-2-3-4-5-6-7-8-9-10-11-12-13-14-15-16-19-24-43-34-26-33(40)30-20-17-18-21-31(30)35(34)38-37-32-23-22-29(39(41)42)25-28(32)27-36/h17-18,20-23,25-26,40H,2-16,19,24H2,1H3. The molecule has 0 fully saturated rings. The van der Waals surface area contributed by atoms with Crippen LogP contribution in [-0.4, -0.2) is 16.6 Å². The molecule has 0 radical (unpaired) electrons. The summed E-state index contributed by atoms with van der Waals surface area (Å²) in [4.78, 5) is 10.5. The van der Waals surface area contributed by atoms with E-state index in [-0.39, 0.29) is 22.7 Å². The van der Waals surface area contributed by atoms with E-state index in [1.165, 1.54) is 108 Å². The number of benzene rings is 3. The first kappa shape index (κ1) is 33.5. The molecule has 0 aliphatic carbocycles. The highest BCUT2D eigenvalue weighted by atomic mass is 16.6. The van der Waals surface area contributed by atoms with Gasteiger partial charge in [0.15, 0.2) is 5.75 Å². The van der Waals surface area contributed by atoms with Gasteiger partial charge in [0.1, 0.15) is 23.2 Å². The van der Waals surface area contributed by atoms with Crippen LogP contribution in [0.15, 0.2) is 58.8 Å². The average molecular weight is 587 g/mol. The minimum Gasteiger partial charge on any atom is -0.507 e. The van der Waals surface area contributed by atoms with Crippen LogP contribution in [0.25, 0.3) is 10.8 Å². The van der Waals surface area contributed by atoms with Crippen LogP contribution in [0.1, 0.15) is 115 Å². The van der Waals surface area contributed by atoms with Crippen LogP contribution in [-0.2, 0) is 0 Å². The third-order valence-corrected chi connectivity index (χ3v) is 7.78. The van der Waals surface area contributed by atoms with Crippen molar-refractivity contribution in [2.75, 3.05) is 6.61 Å². The molecule has 1 N–H and O–H groups in total. The van der Waals surface area contributed by atoms with Crippen LogP contribution in [0.2, 0.25) is 0 Å². The number of azo groups is 1. The summed E-state index contributed by atoms with van der Waals surface area (Å²) in [5, 5.41) is 41.1. The molecule has 0 amide bonds. The van der Waals surface area contributed by atoms with Gasteiger partial charge in [-0.3, -0.25) is 10.1 Å². The van der Waals surface area contributed by atoms with E-state index in [0.717, 1.165) is 12.8 Å². The lowest BCUT2D eigenvalue weighted by Crippen LogP contribution is -1.98. The van der Waals surface area contributed by atoms with Crippen LogP contribution in [0, 0.1) is 21.4 Å². The van der Waals surface area contributed by atoms with Crippen molar-refractivity contribution in [1.82, 2.24) is 0 Å². The fourth-order valence-corrected chi connectivity index (χ4v) is 5.28. The zero-order chi connectivity index (χ0) is 30.7. The van der Waals surface area contributed by atoms with Crippen molar-refractivity contribution >= 4 is 27.8 Å². The Labute approximate surface area is 256 Å². The maximum Gasteiger partial charge on any atom is 0.270 e. The number of hydrogen-bond acceptors (Lipinski definition) is 7. The lowest BCUT2D eigenvalue weighted by molar-refractivity contribution is -0.384. The van der Waals surface area contributed by atoms with Crippen LogP contribution in [0.5, 0.6) is 11.5 Å². The summed E-state index contributed by atoms with van der Waals surface area (Å²) in [5.74, 6) is 0.492. The van der Waals surface area contributed by atoms with Gasteiger partial charge < -0.3 is 9.84 Å². The number of nitro groups is 1. The van der Waals surface area contributed by atoms with E-state index in [2.05, 4.69) is 17.2 Å². The molecule has 0 spiro atoms. The number of rotatable bonds is 21. The SMILES string of the molecule is CCCCCCCCCCCCCCCCCCOc1cc(O)c2ccccc2c1N=Nc1ccc([N+](=O)[O-])cc1C#N. The van der Waals surface area contributed by atoms with E-state index in [9.17, 15) is 20.5 Å². The van der Waals surface area contributed by atoms with Crippen molar-refractivity contribution in [3.63, 3.8) is 0 Å². The first-order valence-corrected chi connectivity index (χ1v) is 16.0. The van der Waals surface area contributed by atoms with Crippen molar-refractivity contribution in [3.05, 3.63) is 64.2 Å². The summed E-state index contributed by atoms with van der Waals surface area (Å²) in [6.07, 6.45) is 20.8. The summed E-state index contributed by atoms with van der Waals surface area (Å²) >= 11 is 0. The average Bonchev–Trinajstić information content (AvgIpc) is 3.02. The smallest absolute Gasteiger partial charge is 0.270 e. The number of fused-ring (bicyclic) bond motifs is 1. The number of non-ortho nitro benzene ring substituents is 1. The Morgan fingerprint density at radius 2 is 1.35 bits per heavy atom. The van der Waals surface area contributed by atoms with E-state index in [4.69, 9.17) is 4.74 Å². The highest BCUT2D eigenvalue weighted by Gasteiger charge is 2.15. The van der Waals surface area contributed by atoms with Crippen molar-refractivity contribution in [2.24, 2.45) is 10.2 Å². The van der Waals surface area contributed by atoms with E-state index in [0.29, 0.717) is 28.8 Å². The third kappa shape index (κ3) is 11.3. The maximum absolute atomic E-state index is 11.1. The molecular formula is C35H46N4O4. The minimum absolute atomic E-state index is 0.0525. The number of aromatic hydroxyl groups is 1. The summed E-state index contributed by atoms with van der Waals surface area (Å²) in [5.41, 5.74) is 0.520. The number of nitrogens with zero attached hydrogens (tertiary/aromatic N) is 4. The Bertz CT molecular complexity index is 1370. The summed E-state index contributed by atoms with van der Waals surface area (Å²) in [6, 6.07) is 14.6. The summed E-state index contributed by atoms with van der Waals surface area (Å²) in [6.45, 7) is 2.75. The molecule has 0 aliphatic heterocycles. The van der Waals surface area contributed by atoms with E-state index in [1.807, 2.05) is 24.3 Å². The highest BCUT2D eigenvalue weighted by Crippen LogP contribution is 2.42. The third-order valence-electron chi connectivity index (χ3n) is 7.78. The second-order valence-electron chi connectivity index (χ2n) is 11.2. The van der Waals surface area contributed by atoms with E-state index in [1.54, 1.807) is 12.1 Å². The fourth-order valence-electron chi connectivity index (χ4n) is 5.28. The number of hydrogen-bond donors (Lipinski definition) is 1. The van der Waals surface area contributed by atoms with Crippen molar-refractivity contribution in [2.45, 2.75) is 110 Å². The first-order valence-electron chi connectivity index (χ1n) is 16.0. The number of ether oxygens (including phenoxy) is 1. The molecule has 43 heavy (non-hydrogen) atoms. The van der Waals surface area contributed by atoms with Gasteiger partial charge in [0.2, 0.25) is 0 Å². The molecule has 0 unspecified atom stereocenters. The van der Waals surface area contributed by atoms with Gasteiger partial charge in [-0.05, 0) is 12.5 Å². The molecule has 0 saturated heterocycles. The number of unbranched alkanes of at least 4 members (excludes halogenated alkanes) is 15. The molecule has 0 heterocycles. The molecule has 0 bridgehead atoms. The van der Waals surface area contributed by atoms with Gasteiger partial charge >= 0.3 is 0 Å². The quantitative estimate of drug-likeness (QED) is 0.0576. The number of nitriles is 1. The second-order valence-corrected chi connectivity index (χ2v) is 11.2. The molecule has 0 atom stereocenters. The molecule has 3 aromatic rings. The molecule has 8 heteroatoms. The van der Waals surface area contributed by atoms with Gasteiger partial charge in [0.25, 0.3) is 5.69 Å². The minimum atomic E-state index is -0.556. The van der Waals surface area contributed by atoms with Gasteiger partial charge in [-0.25, -0.2) is 0 Å². The van der Waals surface area contributed by atoms with Crippen LogP contribution < -0.4 is 4.74 Å². The van der Waals surface area contributed by atoms with Gasteiger partial charge in [0, 0.05) is 29.0 Å². The van der Waals surface area contributed by atoms with Crippen LogP contribution in [0.4, 0.5) is 17.1 Å². The van der Waals surface area contributed by atoms with Crippen LogP contribution in [0.3, 0.4) is 0 Å². The monoisotopic (exact) mass is 586 g/mol. The number of phenols is 1. The predicted octanol–water partition coefficient (Wildman–Crippen LogP) is 11.4. The van der Waals surface area contributed by atoms with Gasteiger partial charge in [-0.2, -0.15) is 5.26 Å². The van der Waals surface area contributed by atoms with E-state index >= 15 is 0 Å². The molecule has 8 nitrogen and oxygen atoms in total. The predicted molar refractivity (Wildman–Crippen MR) is 173 cm³/mol. The Kier molecular flexibility index (Phi) is 15.0. The Balaban J connectivity index is 1.44. The zero-order valence-corrected chi connectivity index (χ0v) is 25.6. The van der Waals surface area contributed by atoms with Gasteiger partial charge in [-0.1, -0.05) is 128 Å². The van der Waals surface area contributed by atoms with Crippen LogP contribution >= 0.6 is 0 Å². The topological polar surface area (TPSA) is 121 Å². The Morgan fingerprint density at radius 3 is 1.91 bits per heavy atom.